The summed E-state index contributed by atoms with van der Waals surface area (Å²) in [7, 11) is 0. The molecule has 0 bridgehead atoms. The number of benzene rings is 1. The lowest BCUT2D eigenvalue weighted by atomic mass is 10.1. The van der Waals surface area contributed by atoms with Crippen molar-refractivity contribution < 1.29 is 14.3 Å². The summed E-state index contributed by atoms with van der Waals surface area (Å²) < 4.78 is 11.3. The molecule has 3 aliphatic heterocycles. The number of nitrogens with one attached hydrogen (secondary N) is 1. The Bertz CT molecular complexity index is 601. The number of carbonyl (C=O) groups is 1. The van der Waals surface area contributed by atoms with E-state index in [9.17, 15) is 4.79 Å². The molecule has 1 aromatic carbocycles. The number of fused-ring (bicyclic) bond motifs is 1. The Kier molecular flexibility index (Phi) is 4.58. The van der Waals surface area contributed by atoms with Crippen LogP contribution in [0.2, 0.25) is 0 Å². The molecule has 130 valence electrons. The van der Waals surface area contributed by atoms with Gasteiger partial charge in [0.1, 0.15) is 0 Å². The Morgan fingerprint density at radius 3 is 2.71 bits per heavy atom. The van der Waals surface area contributed by atoms with Gasteiger partial charge >= 0.3 is 0 Å². The van der Waals surface area contributed by atoms with Crippen molar-refractivity contribution in [1.82, 2.24) is 15.1 Å². The molecule has 4 rings (SSSR count). The summed E-state index contributed by atoms with van der Waals surface area (Å²) in [6.45, 7) is 7.22. The van der Waals surface area contributed by atoms with Gasteiger partial charge in [-0.2, -0.15) is 0 Å². The van der Waals surface area contributed by atoms with Gasteiger partial charge in [-0.1, -0.05) is 0 Å². The average Bonchev–Trinajstić information content (AvgIpc) is 3.01. The Morgan fingerprint density at radius 2 is 1.88 bits per heavy atom. The maximum atomic E-state index is 12.8. The highest BCUT2D eigenvalue weighted by atomic mass is 16.5. The molecule has 1 aromatic rings. The molecule has 6 heteroatoms. The van der Waals surface area contributed by atoms with E-state index < -0.39 is 0 Å². The summed E-state index contributed by atoms with van der Waals surface area (Å²) in [6, 6.07) is 6.05. The molecule has 0 radical (unpaired) electrons. The second kappa shape index (κ2) is 6.99. The molecular formula is C18H25N3O3. The first kappa shape index (κ1) is 15.7. The van der Waals surface area contributed by atoms with Crippen LogP contribution in [0.4, 0.5) is 0 Å². The lowest BCUT2D eigenvalue weighted by Gasteiger charge is -2.32. The van der Waals surface area contributed by atoms with E-state index in [-0.39, 0.29) is 5.91 Å². The lowest BCUT2D eigenvalue weighted by molar-refractivity contribution is 0.0773. The highest BCUT2D eigenvalue weighted by molar-refractivity contribution is 5.95. The van der Waals surface area contributed by atoms with Crippen LogP contribution in [0.25, 0.3) is 0 Å². The third-order valence-corrected chi connectivity index (χ3v) is 5.11. The molecule has 3 aliphatic rings. The fourth-order valence-corrected chi connectivity index (χ4v) is 3.75. The van der Waals surface area contributed by atoms with Gasteiger partial charge in [0.25, 0.3) is 5.91 Å². The molecule has 6 nitrogen and oxygen atoms in total. The van der Waals surface area contributed by atoms with Crippen LogP contribution in [0, 0.1) is 0 Å². The number of piperazine rings is 1. The van der Waals surface area contributed by atoms with Gasteiger partial charge in [-0.05, 0) is 24.6 Å². The van der Waals surface area contributed by atoms with Crippen LogP contribution >= 0.6 is 0 Å². The lowest BCUT2D eigenvalue weighted by Crippen LogP contribution is -2.49. The number of likely N-dealkylation sites (tertiary alicyclic amines) is 1. The number of rotatable bonds is 2. The zero-order valence-electron chi connectivity index (χ0n) is 14.0. The maximum absolute atomic E-state index is 12.8. The number of hydrogen-bond acceptors (Lipinski definition) is 5. The van der Waals surface area contributed by atoms with Crippen LogP contribution < -0.4 is 14.8 Å². The van der Waals surface area contributed by atoms with Crippen LogP contribution in [-0.4, -0.2) is 74.2 Å². The topological polar surface area (TPSA) is 54.0 Å². The van der Waals surface area contributed by atoms with E-state index >= 15 is 0 Å². The molecule has 0 saturated carbocycles. The zero-order valence-corrected chi connectivity index (χ0v) is 14.0. The third kappa shape index (κ3) is 3.21. The highest BCUT2D eigenvalue weighted by Crippen LogP contribution is 2.31. The number of carbonyl (C=O) groups excluding carboxylic acids is 1. The van der Waals surface area contributed by atoms with Crippen molar-refractivity contribution in [3.8, 4) is 11.5 Å². The van der Waals surface area contributed by atoms with Gasteiger partial charge in [0.05, 0.1) is 13.2 Å². The van der Waals surface area contributed by atoms with E-state index in [0.717, 1.165) is 57.9 Å². The Hall–Kier alpha value is -1.79. The molecule has 24 heavy (non-hydrogen) atoms. The normalized spacial score (nSPS) is 24.7. The Balaban J connectivity index is 1.43. The van der Waals surface area contributed by atoms with Crippen molar-refractivity contribution in [3.63, 3.8) is 0 Å². The quantitative estimate of drug-likeness (QED) is 0.875. The molecule has 1 atom stereocenters. The highest BCUT2D eigenvalue weighted by Gasteiger charge is 2.31. The van der Waals surface area contributed by atoms with E-state index in [1.54, 1.807) is 0 Å². The molecule has 1 amide bonds. The van der Waals surface area contributed by atoms with Crippen molar-refractivity contribution in [2.75, 3.05) is 52.5 Å². The summed E-state index contributed by atoms with van der Waals surface area (Å²) in [4.78, 5) is 17.3. The third-order valence-electron chi connectivity index (χ3n) is 5.11. The van der Waals surface area contributed by atoms with E-state index in [2.05, 4.69) is 10.2 Å². The maximum Gasteiger partial charge on any atom is 0.254 e. The van der Waals surface area contributed by atoms with Gasteiger partial charge in [-0.3, -0.25) is 9.69 Å². The van der Waals surface area contributed by atoms with E-state index in [1.165, 1.54) is 0 Å². The molecule has 0 spiro atoms. The fraction of sp³-hybridized carbons (Fsp3) is 0.611. The molecule has 2 saturated heterocycles. The molecular weight excluding hydrogens is 306 g/mol. The SMILES string of the molecule is O=C(c1ccc2c(c1)OCCCO2)N1CCC(N2CCNCC2)C1. The van der Waals surface area contributed by atoms with Crippen molar-refractivity contribution in [1.29, 1.82) is 0 Å². The van der Waals surface area contributed by atoms with Gasteiger partial charge in [-0.15, -0.1) is 0 Å². The smallest absolute Gasteiger partial charge is 0.254 e. The van der Waals surface area contributed by atoms with Crippen molar-refractivity contribution in [2.24, 2.45) is 0 Å². The molecule has 0 aromatic heterocycles. The summed E-state index contributed by atoms with van der Waals surface area (Å²) >= 11 is 0. The predicted octanol–water partition coefficient (Wildman–Crippen LogP) is 0.968. The van der Waals surface area contributed by atoms with Crippen molar-refractivity contribution in [2.45, 2.75) is 18.9 Å². The Labute approximate surface area is 142 Å². The van der Waals surface area contributed by atoms with Gasteiger partial charge in [0.15, 0.2) is 11.5 Å². The summed E-state index contributed by atoms with van der Waals surface area (Å²) in [5.74, 6) is 1.53. The largest absolute Gasteiger partial charge is 0.490 e. The van der Waals surface area contributed by atoms with E-state index in [4.69, 9.17) is 9.47 Å². The summed E-state index contributed by atoms with van der Waals surface area (Å²) in [5, 5.41) is 3.38. The number of hydrogen-bond donors (Lipinski definition) is 1. The van der Waals surface area contributed by atoms with Crippen molar-refractivity contribution in [3.05, 3.63) is 23.8 Å². The number of ether oxygens (including phenoxy) is 2. The molecule has 1 N–H and O–H groups in total. The Morgan fingerprint density at radius 1 is 1.08 bits per heavy atom. The van der Waals surface area contributed by atoms with Crippen molar-refractivity contribution >= 4 is 5.91 Å². The van der Waals surface area contributed by atoms with Crippen LogP contribution in [-0.2, 0) is 0 Å². The molecule has 0 aliphatic carbocycles. The number of nitrogens with zero attached hydrogens (tertiary/aromatic N) is 2. The first-order valence-corrected chi connectivity index (χ1v) is 8.95. The van der Waals surface area contributed by atoms with Gasteiger partial charge in [0, 0.05) is 57.3 Å². The fourth-order valence-electron chi connectivity index (χ4n) is 3.75. The minimum absolute atomic E-state index is 0.100. The second-order valence-corrected chi connectivity index (χ2v) is 6.69. The average molecular weight is 331 g/mol. The summed E-state index contributed by atoms with van der Waals surface area (Å²) in [6.07, 6.45) is 1.94. The monoisotopic (exact) mass is 331 g/mol. The van der Waals surface area contributed by atoms with Gasteiger partial charge in [0.2, 0.25) is 0 Å². The van der Waals surface area contributed by atoms with E-state index in [1.807, 2.05) is 23.1 Å². The molecule has 2 fully saturated rings. The standard InChI is InChI=1S/C18H25N3O3/c22-18(14-2-3-16-17(12-14)24-11-1-10-23-16)21-7-4-15(13-21)20-8-5-19-6-9-20/h2-3,12,15,19H,1,4-11,13H2. The minimum Gasteiger partial charge on any atom is -0.490 e. The van der Waals surface area contributed by atoms with Crippen LogP contribution in [0.15, 0.2) is 18.2 Å². The van der Waals surface area contributed by atoms with Gasteiger partial charge in [-0.25, -0.2) is 0 Å². The minimum atomic E-state index is 0.100. The number of amides is 1. The summed E-state index contributed by atoms with van der Waals surface area (Å²) in [5.41, 5.74) is 0.695. The van der Waals surface area contributed by atoms with E-state index in [0.29, 0.717) is 30.6 Å². The van der Waals surface area contributed by atoms with Gasteiger partial charge < -0.3 is 19.7 Å². The first-order valence-electron chi connectivity index (χ1n) is 8.95. The van der Waals surface area contributed by atoms with Crippen LogP contribution in [0.1, 0.15) is 23.2 Å². The van der Waals surface area contributed by atoms with Crippen LogP contribution in [0.5, 0.6) is 11.5 Å². The molecule has 3 heterocycles. The second-order valence-electron chi connectivity index (χ2n) is 6.69. The predicted molar refractivity (Wildman–Crippen MR) is 90.8 cm³/mol. The zero-order chi connectivity index (χ0) is 16.4. The van der Waals surface area contributed by atoms with Crippen LogP contribution in [0.3, 0.4) is 0 Å². The molecule has 1 unspecified atom stereocenters. The first-order chi connectivity index (χ1) is 11.8.